The largest absolute Gasteiger partial charge is 0.376 e. The smallest absolute Gasteiger partial charge is 0.0674 e. The number of nitrogens with zero attached hydrogens (tertiary/aromatic N) is 1. The van der Waals surface area contributed by atoms with Crippen molar-refractivity contribution < 1.29 is 4.74 Å². The molecule has 0 amide bonds. The molecular formula is C8H17NO. The zero-order chi connectivity index (χ0) is 7.56. The summed E-state index contributed by atoms with van der Waals surface area (Å²) >= 11 is 0. The molecule has 60 valence electrons. The van der Waals surface area contributed by atoms with E-state index >= 15 is 0 Å². The lowest BCUT2D eigenvalue weighted by atomic mass is 10.1. The van der Waals surface area contributed by atoms with Crippen LogP contribution in [0.25, 0.3) is 0 Å². The average molecular weight is 143 g/mol. The number of likely N-dealkylation sites (N-methyl/N-ethyl adjacent to an activating group) is 1. The van der Waals surface area contributed by atoms with Crippen LogP contribution in [0.2, 0.25) is 0 Å². The van der Waals surface area contributed by atoms with Crippen LogP contribution >= 0.6 is 0 Å². The average Bonchev–Trinajstić information content (AvgIpc) is 1.88. The summed E-state index contributed by atoms with van der Waals surface area (Å²) in [4.78, 5) is 2.38. The molecule has 1 saturated heterocycles. The molecule has 2 atom stereocenters. The molecule has 1 fully saturated rings. The summed E-state index contributed by atoms with van der Waals surface area (Å²) in [7, 11) is 2.17. The Morgan fingerprint density at radius 2 is 2.30 bits per heavy atom. The first kappa shape index (κ1) is 8.02. The lowest BCUT2D eigenvalue weighted by molar-refractivity contribution is -0.0452. The second-order valence-electron chi connectivity index (χ2n) is 3.15. The van der Waals surface area contributed by atoms with Gasteiger partial charge in [0, 0.05) is 12.6 Å². The van der Waals surface area contributed by atoms with Crippen LogP contribution in [-0.2, 0) is 4.74 Å². The molecule has 2 heteroatoms. The van der Waals surface area contributed by atoms with Crippen molar-refractivity contribution in [2.45, 2.75) is 32.4 Å². The van der Waals surface area contributed by atoms with E-state index in [9.17, 15) is 0 Å². The first-order valence-corrected chi connectivity index (χ1v) is 4.06. The van der Waals surface area contributed by atoms with Crippen LogP contribution in [0.1, 0.15) is 20.3 Å². The predicted octanol–water partition coefficient (Wildman–Crippen LogP) is 1.12. The molecule has 1 aliphatic heterocycles. The molecular weight excluding hydrogens is 126 g/mol. The fraction of sp³-hybridized carbons (Fsp3) is 1.00. The van der Waals surface area contributed by atoms with E-state index in [1.54, 1.807) is 0 Å². The molecule has 1 heterocycles. The van der Waals surface area contributed by atoms with E-state index in [0.29, 0.717) is 12.1 Å². The number of hydrogen-bond donors (Lipinski definition) is 0. The van der Waals surface area contributed by atoms with Crippen molar-refractivity contribution in [1.29, 1.82) is 0 Å². The molecule has 10 heavy (non-hydrogen) atoms. The van der Waals surface area contributed by atoms with Crippen LogP contribution in [-0.4, -0.2) is 37.2 Å². The summed E-state index contributed by atoms with van der Waals surface area (Å²) in [5.74, 6) is 0. The summed E-state index contributed by atoms with van der Waals surface area (Å²) in [5.41, 5.74) is 0. The minimum absolute atomic E-state index is 0.424. The molecule has 1 rings (SSSR count). The van der Waals surface area contributed by atoms with E-state index in [1.165, 1.54) is 6.42 Å². The summed E-state index contributed by atoms with van der Waals surface area (Å²) in [6.45, 7) is 6.33. The van der Waals surface area contributed by atoms with E-state index in [0.717, 1.165) is 13.2 Å². The third kappa shape index (κ3) is 1.70. The predicted molar refractivity (Wildman–Crippen MR) is 42.1 cm³/mol. The topological polar surface area (TPSA) is 12.5 Å². The van der Waals surface area contributed by atoms with Crippen LogP contribution < -0.4 is 0 Å². The lowest BCUT2D eigenvalue weighted by Gasteiger charge is -2.35. The Labute approximate surface area is 63.2 Å². The van der Waals surface area contributed by atoms with E-state index in [4.69, 9.17) is 4.74 Å². The van der Waals surface area contributed by atoms with E-state index < -0.39 is 0 Å². The van der Waals surface area contributed by atoms with Gasteiger partial charge in [-0.05, 0) is 20.4 Å². The van der Waals surface area contributed by atoms with Gasteiger partial charge < -0.3 is 4.74 Å². The van der Waals surface area contributed by atoms with Crippen LogP contribution in [0.3, 0.4) is 0 Å². The Hall–Kier alpha value is -0.0800. The zero-order valence-corrected chi connectivity index (χ0v) is 7.13. The standard InChI is InChI=1S/C8H17NO/c1-4-8-6-10-7(2)5-9(8)3/h7-8H,4-6H2,1-3H3. The van der Waals surface area contributed by atoms with Crippen molar-refractivity contribution in [3.63, 3.8) is 0 Å². The first-order chi connectivity index (χ1) is 4.74. The van der Waals surface area contributed by atoms with Gasteiger partial charge in [0.1, 0.15) is 0 Å². The fourth-order valence-corrected chi connectivity index (χ4v) is 1.44. The Balaban J connectivity index is 2.36. The highest BCUT2D eigenvalue weighted by atomic mass is 16.5. The first-order valence-electron chi connectivity index (χ1n) is 4.06. The van der Waals surface area contributed by atoms with Gasteiger partial charge in [-0.25, -0.2) is 0 Å². The number of rotatable bonds is 1. The molecule has 0 aromatic heterocycles. The molecule has 0 radical (unpaired) electrons. The number of morpholine rings is 1. The maximum atomic E-state index is 5.51. The van der Waals surface area contributed by atoms with Crippen LogP contribution in [0.5, 0.6) is 0 Å². The Morgan fingerprint density at radius 1 is 1.60 bits per heavy atom. The second kappa shape index (κ2) is 3.35. The van der Waals surface area contributed by atoms with Crippen molar-refractivity contribution in [2.24, 2.45) is 0 Å². The minimum Gasteiger partial charge on any atom is -0.376 e. The second-order valence-corrected chi connectivity index (χ2v) is 3.15. The normalized spacial score (nSPS) is 36.3. The zero-order valence-electron chi connectivity index (χ0n) is 7.13. The Kier molecular flexibility index (Phi) is 2.69. The number of hydrogen-bond acceptors (Lipinski definition) is 2. The van der Waals surface area contributed by atoms with Crippen molar-refractivity contribution in [3.8, 4) is 0 Å². The molecule has 1 aliphatic rings. The highest BCUT2D eigenvalue weighted by Crippen LogP contribution is 2.11. The van der Waals surface area contributed by atoms with Gasteiger partial charge in [0.2, 0.25) is 0 Å². The quantitative estimate of drug-likeness (QED) is 0.545. The summed E-state index contributed by atoms with van der Waals surface area (Å²) in [6.07, 6.45) is 1.62. The van der Waals surface area contributed by atoms with Gasteiger partial charge in [0.15, 0.2) is 0 Å². The summed E-state index contributed by atoms with van der Waals surface area (Å²) in [6, 6.07) is 0.649. The molecule has 0 bridgehead atoms. The van der Waals surface area contributed by atoms with Gasteiger partial charge in [-0.15, -0.1) is 0 Å². The van der Waals surface area contributed by atoms with Crippen LogP contribution in [0.15, 0.2) is 0 Å². The molecule has 0 aliphatic carbocycles. The third-order valence-corrected chi connectivity index (χ3v) is 2.21. The van der Waals surface area contributed by atoms with Crippen molar-refractivity contribution in [2.75, 3.05) is 20.2 Å². The van der Waals surface area contributed by atoms with Crippen molar-refractivity contribution in [1.82, 2.24) is 4.90 Å². The molecule has 2 unspecified atom stereocenters. The molecule has 2 nitrogen and oxygen atoms in total. The van der Waals surface area contributed by atoms with Crippen molar-refractivity contribution >= 4 is 0 Å². The molecule has 0 aromatic carbocycles. The fourth-order valence-electron chi connectivity index (χ4n) is 1.44. The van der Waals surface area contributed by atoms with Crippen LogP contribution in [0, 0.1) is 0 Å². The molecule has 0 aromatic rings. The Bertz CT molecular complexity index is 105. The van der Waals surface area contributed by atoms with Crippen molar-refractivity contribution in [3.05, 3.63) is 0 Å². The maximum Gasteiger partial charge on any atom is 0.0674 e. The van der Waals surface area contributed by atoms with Gasteiger partial charge in [0.05, 0.1) is 12.7 Å². The lowest BCUT2D eigenvalue weighted by Crippen LogP contribution is -2.45. The molecule has 0 spiro atoms. The van der Waals surface area contributed by atoms with Gasteiger partial charge in [0.25, 0.3) is 0 Å². The van der Waals surface area contributed by atoms with Gasteiger partial charge in [-0.3, -0.25) is 4.90 Å². The Morgan fingerprint density at radius 3 is 2.80 bits per heavy atom. The third-order valence-electron chi connectivity index (χ3n) is 2.21. The van der Waals surface area contributed by atoms with E-state index in [-0.39, 0.29) is 0 Å². The maximum absolute atomic E-state index is 5.51. The number of ether oxygens (including phenoxy) is 1. The monoisotopic (exact) mass is 143 g/mol. The minimum atomic E-state index is 0.424. The highest BCUT2D eigenvalue weighted by molar-refractivity contribution is 4.73. The van der Waals surface area contributed by atoms with Gasteiger partial charge in [-0.1, -0.05) is 6.92 Å². The van der Waals surface area contributed by atoms with E-state index in [2.05, 4.69) is 25.8 Å². The molecule has 0 saturated carbocycles. The van der Waals surface area contributed by atoms with Gasteiger partial charge >= 0.3 is 0 Å². The summed E-state index contributed by atoms with van der Waals surface area (Å²) in [5, 5.41) is 0. The van der Waals surface area contributed by atoms with Gasteiger partial charge in [-0.2, -0.15) is 0 Å². The van der Waals surface area contributed by atoms with Crippen LogP contribution in [0.4, 0.5) is 0 Å². The summed E-state index contributed by atoms with van der Waals surface area (Å²) < 4.78 is 5.51. The van der Waals surface area contributed by atoms with E-state index in [1.807, 2.05) is 0 Å². The molecule has 0 N–H and O–H groups in total. The SMILES string of the molecule is CCC1COC(C)CN1C. The highest BCUT2D eigenvalue weighted by Gasteiger charge is 2.21.